The molecule has 0 bridgehead atoms. The first-order chi connectivity index (χ1) is 9.93. The largest absolute Gasteiger partial charge is 0.507 e. The quantitative estimate of drug-likeness (QED) is 0.375. The average molecular weight is 359 g/mol. The van der Waals surface area contributed by atoms with Crippen LogP contribution in [0.3, 0.4) is 0 Å². The number of alkyl halides is 1. The molecule has 116 valence electrons. The Morgan fingerprint density at radius 2 is 1.57 bits per heavy atom. The maximum absolute atomic E-state index is 12.1. The van der Waals surface area contributed by atoms with E-state index in [-0.39, 0.29) is 24.0 Å². The Hall–Kier alpha value is -1.56. The van der Waals surface area contributed by atoms with Crippen LogP contribution in [0.25, 0.3) is 0 Å². The van der Waals surface area contributed by atoms with E-state index in [0.29, 0.717) is 6.42 Å². The van der Waals surface area contributed by atoms with Crippen LogP contribution in [-0.2, 0) is 0 Å². The number of phenolic OH excluding ortho intramolecular Hbond substituents is 3. The number of rotatable bonds is 8. The minimum absolute atomic E-state index is 0.0742. The van der Waals surface area contributed by atoms with Crippen molar-refractivity contribution in [2.75, 3.05) is 5.33 Å². The van der Waals surface area contributed by atoms with Gasteiger partial charge in [0, 0.05) is 24.2 Å². The Morgan fingerprint density at radius 1 is 1.00 bits per heavy atom. The summed E-state index contributed by atoms with van der Waals surface area (Å²) in [5.41, 5.74) is -0.595. The van der Waals surface area contributed by atoms with Gasteiger partial charge in [-0.1, -0.05) is 29.3 Å². The van der Waals surface area contributed by atoms with E-state index in [1.807, 2.05) is 0 Å². The summed E-state index contributed by atoms with van der Waals surface area (Å²) in [7, 11) is 0. The lowest BCUT2D eigenvalue weighted by Crippen LogP contribution is -2.05. The summed E-state index contributed by atoms with van der Waals surface area (Å²) in [6, 6.07) is 0.925. The maximum atomic E-state index is 12.1. The Labute approximate surface area is 131 Å². The fourth-order valence-electron chi connectivity index (χ4n) is 2.05. The van der Waals surface area contributed by atoms with Crippen LogP contribution in [0.15, 0.2) is 6.07 Å². The molecule has 3 N–H and O–H groups in total. The highest BCUT2D eigenvalue weighted by molar-refractivity contribution is 9.09. The van der Waals surface area contributed by atoms with Crippen LogP contribution >= 0.6 is 15.9 Å². The zero-order valence-corrected chi connectivity index (χ0v) is 13.4. The van der Waals surface area contributed by atoms with Gasteiger partial charge in [-0.3, -0.25) is 9.59 Å². The molecule has 0 saturated carbocycles. The van der Waals surface area contributed by atoms with Gasteiger partial charge in [0.05, 0.1) is 0 Å². The zero-order chi connectivity index (χ0) is 16.0. The van der Waals surface area contributed by atoms with Crippen molar-refractivity contribution in [1.82, 2.24) is 0 Å². The summed E-state index contributed by atoms with van der Waals surface area (Å²) in [4.78, 5) is 23.8. The molecule has 1 aromatic rings. The first kappa shape index (κ1) is 17.5. The number of aromatic hydroxyl groups is 3. The molecule has 0 heterocycles. The van der Waals surface area contributed by atoms with Crippen LogP contribution in [0.1, 0.15) is 59.7 Å². The number of unbranched alkanes of at least 4 members (excludes halogenated alkanes) is 2. The molecule has 0 fully saturated rings. The molecule has 0 spiro atoms. The predicted octanol–water partition coefficient (Wildman–Crippen LogP) is 3.53. The van der Waals surface area contributed by atoms with Crippen molar-refractivity contribution < 1.29 is 24.9 Å². The molecule has 0 aromatic heterocycles. The van der Waals surface area contributed by atoms with E-state index >= 15 is 0 Å². The fourth-order valence-corrected chi connectivity index (χ4v) is 2.45. The molecule has 6 heteroatoms. The lowest BCUT2D eigenvalue weighted by molar-refractivity contribution is 0.0973. The summed E-state index contributed by atoms with van der Waals surface area (Å²) < 4.78 is 0. The van der Waals surface area contributed by atoms with E-state index in [0.717, 1.165) is 24.2 Å². The summed E-state index contributed by atoms with van der Waals surface area (Å²) >= 11 is 3.30. The molecule has 0 aliphatic carbocycles. The highest BCUT2D eigenvalue weighted by Gasteiger charge is 2.25. The van der Waals surface area contributed by atoms with Crippen molar-refractivity contribution in [2.24, 2.45) is 0 Å². The normalized spacial score (nSPS) is 10.6. The number of hydrogen-bond donors (Lipinski definition) is 3. The number of benzene rings is 1. The zero-order valence-electron chi connectivity index (χ0n) is 11.9. The van der Waals surface area contributed by atoms with E-state index in [2.05, 4.69) is 15.9 Å². The molecular weight excluding hydrogens is 340 g/mol. The molecule has 1 rings (SSSR count). The molecule has 0 saturated heterocycles. The first-order valence-electron chi connectivity index (χ1n) is 6.84. The van der Waals surface area contributed by atoms with Crippen LogP contribution in [0, 0.1) is 0 Å². The van der Waals surface area contributed by atoms with Gasteiger partial charge < -0.3 is 15.3 Å². The highest BCUT2D eigenvalue weighted by atomic mass is 79.9. The van der Waals surface area contributed by atoms with Crippen LogP contribution in [0.4, 0.5) is 0 Å². The molecular formula is C15H19BrO5. The van der Waals surface area contributed by atoms with Crippen LogP contribution in [0.5, 0.6) is 17.2 Å². The Morgan fingerprint density at radius 3 is 2.10 bits per heavy atom. The van der Waals surface area contributed by atoms with Gasteiger partial charge in [0.2, 0.25) is 0 Å². The Balaban J connectivity index is 3.06. The number of phenols is 3. The molecule has 21 heavy (non-hydrogen) atoms. The second kappa shape index (κ2) is 8.02. The number of hydrogen-bond acceptors (Lipinski definition) is 5. The molecule has 0 aliphatic rings. The summed E-state index contributed by atoms with van der Waals surface area (Å²) in [5.74, 6) is -2.59. The number of ketones is 2. The SMILES string of the molecule is CCC(=O)c1c(O)cc(O)c(C(=O)CCCCCBr)c1O. The molecule has 0 amide bonds. The van der Waals surface area contributed by atoms with Crippen molar-refractivity contribution in [3.8, 4) is 17.2 Å². The first-order valence-corrected chi connectivity index (χ1v) is 7.96. The van der Waals surface area contributed by atoms with Crippen molar-refractivity contribution >= 4 is 27.5 Å². The number of carbonyl (C=O) groups excluding carboxylic acids is 2. The number of carbonyl (C=O) groups is 2. The second-order valence-electron chi connectivity index (χ2n) is 4.71. The van der Waals surface area contributed by atoms with E-state index < -0.39 is 28.8 Å². The predicted molar refractivity (Wildman–Crippen MR) is 82.7 cm³/mol. The smallest absolute Gasteiger partial charge is 0.170 e. The Bertz CT molecular complexity index is 539. The van der Waals surface area contributed by atoms with Gasteiger partial charge >= 0.3 is 0 Å². The van der Waals surface area contributed by atoms with Gasteiger partial charge in [0.15, 0.2) is 11.6 Å². The minimum atomic E-state index is -0.634. The van der Waals surface area contributed by atoms with Gasteiger partial charge in [-0.2, -0.15) is 0 Å². The van der Waals surface area contributed by atoms with E-state index in [1.165, 1.54) is 0 Å². The summed E-state index contributed by atoms with van der Waals surface area (Å²) in [5, 5.41) is 30.3. The molecule has 5 nitrogen and oxygen atoms in total. The summed E-state index contributed by atoms with van der Waals surface area (Å²) in [6.07, 6.45) is 2.64. The molecule has 0 radical (unpaired) electrons. The van der Waals surface area contributed by atoms with Crippen molar-refractivity contribution in [2.45, 2.75) is 39.0 Å². The third-order valence-corrected chi connectivity index (χ3v) is 3.74. The lowest BCUT2D eigenvalue weighted by atomic mass is 9.96. The lowest BCUT2D eigenvalue weighted by Gasteiger charge is -2.12. The third kappa shape index (κ3) is 4.20. The van der Waals surface area contributed by atoms with Crippen molar-refractivity contribution in [3.63, 3.8) is 0 Å². The fraction of sp³-hybridized carbons (Fsp3) is 0.467. The molecule has 0 unspecified atom stereocenters. The van der Waals surface area contributed by atoms with Gasteiger partial charge in [0.25, 0.3) is 0 Å². The van der Waals surface area contributed by atoms with E-state index in [9.17, 15) is 24.9 Å². The van der Waals surface area contributed by atoms with Gasteiger partial charge in [-0.25, -0.2) is 0 Å². The minimum Gasteiger partial charge on any atom is -0.507 e. The van der Waals surface area contributed by atoms with Crippen LogP contribution in [-0.4, -0.2) is 32.2 Å². The van der Waals surface area contributed by atoms with Gasteiger partial charge in [-0.15, -0.1) is 0 Å². The maximum Gasteiger partial charge on any atom is 0.170 e. The summed E-state index contributed by atoms with van der Waals surface area (Å²) in [6.45, 7) is 1.58. The van der Waals surface area contributed by atoms with Crippen LogP contribution in [0.2, 0.25) is 0 Å². The number of halogens is 1. The monoisotopic (exact) mass is 358 g/mol. The third-order valence-electron chi connectivity index (χ3n) is 3.18. The van der Waals surface area contributed by atoms with Crippen molar-refractivity contribution in [3.05, 3.63) is 17.2 Å². The second-order valence-corrected chi connectivity index (χ2v) is 5.51. The standard InChI is InChI=1S/C15H19BrO5/c1-2-9(17)13-11(19)8-12(20)14(15(13)21)10(18)6-4-3-5-7-16/h8,19-21H,2-7H2,1H3. The highest BCUT2D eigenvalue weighted by Crippen LogP contribution is 2.38. The van der Waals surface area contributed by atoms with E-state index in [1.54, 1.807) is 6.92 Å². The Kier molecular flexibility index (Phi) is 6.68. The molecule has 0 aliphatic heterocycles. The molecule has 1 aromatic carbocycles. The average Bonchev–Trinajstić information content (AvgIpc) is 2.42. The van der Waals surface area contributed by atoms with Crippen LogP contribution < -0.4 is 0 Å². The van der Waals surface area contributed by atoms with Gasteiger partial charge in [0.1, 0.15) is 28.4 Å². The topological polar surface area (TPSA) is 94.8 Å². The molecule has 0 atom stereocenters. The van der Waals surface area contributed by atoms with Gasteiger partial charge in [-0.05, 0) is 12.8 Å². The van der Waals surface area contributed by atoms with Crippen molar-refractivity contribution in [1.29, 1.82) is 0 Å². The number of Topliss-reactive ketones (excluding diaryl/α,β-unsaturated/α-hetero) is 2. The van der Waals surface area contributed by atoms with E-state index in [4.69, 9.17) is 0 Å².